The van der Waals surface area contributed by atoms with E-state index in [1.165, 1.54) is 77.0 Å². The molecule has 0 aromatic carbocycles. The molecule has 0 aliphatic heterocycles. The Labute approximate surface area is 179 Å². The Bertz CT molecular complexity index is 369. The van der Waals surface area contributed by atoms with E-state index >= 15 is 0 Å². The van der Waals surface area contributed by atoms with Crippen molar-refractivity contribution in [3.63, 3.8) is 0 Å². The van der Waals surface area contributed by atoms with Gasteiger partial charge >= 0.3 is 5.97 Å². The zero-order valence-electron chi connectivity index (χ0n) is 18.6. The molecule has 0 saturated heterocycles. The minimum Gasteiger partial charge on any atom is -0.465 e. The maximum Gasteiger partial charge on any atom is 0.305 e. The molecule has 0 radical (unpaired) electrons. The number of esters is 1. The largest absolute Gasteiger partial charge is 0.465 e. The first kappa shape index (κ1) is 27.4. The molecule has 0 aliphatic rings. The molecule has 0 spiro atoms. The lowest BCUT2D eigenvalue weighted by atomic mass is 10.0. The minimum atomic E-state index is -0.195. The molecule has 166 valence electrons. The van der Waals surface area contributed by atoms with Crippen molar-refractivity contribution in [1.82, 2.24) is 0 Å². The third kappa shape index (κ3) is 23.5. The summed E-state index contributed by atoms with van der Waals surface area (Å²) in [7, 11) is 0. The molecule has 0 aromatic rings. The predicted octanol–water partition coefficient (Wildman–Crippen LogP) is 7.97. The van der Waals surface area contributed by atoms with Crippen LogP contribution in [0, 0.1) is 5.92 Å². The fourth-order valence-electron chi connectivity index (χ4n) is 3.34. The first-order valence-electron chi connectivity index (χ1n) is 11.9. The third-order valence-electron chi connectivity index (χ3n) is 5.08. The standard InChI is InChI=1S/C24H45ClO3/c1-22(2)21-28-24(27)20-18-16-14-12-10-8-6-4-3-5-7-9-11-13-15-17-19-23(25)26/h22H,3-21H2,1-2H3. The fourth-order valence-corrected chi connectivity index (χ4v) is 3.47. The SMILES string of the molecule is CC(C)COC(=O)CCCCCCCCCCCCCCCCCCC(=O)Cl. The molecule has 0 N–H and O–H groups in total. The van der Waals surface area contributed by atoms with Crippen molar-refractivity contribution in [1.29, 1.82) is 0 Å². The van der Waals surface area contributed by atoms with E-state index < -0.39 is 0 Å². The highest BCUT2D eigenvalue weighted by Crippen LogP contribution is 2.14. The van der Waals surface area contributed by atoms with Gasteiger partial charge in [0.15, 0.2) is 0 Å². The van der Waals surface area contributed by atoms with Crippen LogP contribution in [-0.4, -0.2) is 17.8 Å². The maximum absolute atomic E-state index is 11.5. The summed E-state index contributed by atoms with van der Waals surface area (Å²) >= 11 is 5.32. The average molecular weight is 417 g/mol. The van der Waals surface area contributed by atoms with Gasteiger partial charge in [-0.15, -0.1) is 0 Å². The number of hydrogen-bond donors (Lipinski definition) is 0. The summed E-state index contributed by atoms with van der Waals surface area (Å²) in [6.07, 6.45) is 21.3. The van der Waals surface area contributed by atoms with Gasteiger partial charge in [-0.05, 0) is 30.4 Å². The van der Waals surface area contributed by atoms with Crippen LogP contribution in [0.25, 0.3) is 0 Å². The molecular weight excluding hydrogens is 372 g/mol. The van der Waals surface area contributed by atoms with Crippen molar-refractivity contribution in [2.75, 3.05) is 6.61 Å². The highest BCUT2D eigenvalue weighted by Gasteiger charge is 2.03. The number of unbranched alkanes of at least 4 members (excludes halogenated alkanes) is 15. The van der Waals surface area contributed by atoms with Gasteiger partial charge in [-0.25, -0.2) is 0 Å². The Hall–Kier alpha value is -0.570. The molecule has 0 aromatic heterocycles. The second-order valence-corrected chi connectivity index (χ2v) is 9.01. The molecule has 0 bridgehead atoms. The summed E-state index contributed by atoms with van der Waals surface area (Å²) in [6, 6.07) is 0. The predicted molar refractivity (Wildman–Crippen MR) is 120 cm³/mol. The van der Waals surface area contributed by atoms with Crippen LogP contribution in [0.3, 0.4) is 0 Å². The van der Waals surface area contributed by atoms with Gasteiger partial charge in [-0.3, -0.25) is 9.59 Å². The van der Waals surface area contributed by atoms with E-state index in [9.17, 15) is 9.59 Å². The van der Waals surface area contributed by atoms with E-state index in [4.69, 9.17) is 16.3 Å². The van der Waals surface area contributed by atoms with E-state index in [2.05, 4.69) is 13.8 Å². The molecule has 4 heteroatoms. The molecule has 0 unspecified atom stereocenters. The van der Waals surface area contributed by atoms with Gasteiger partial charge in [0.2, 0.25) is 5.24 Å². The molecule has 0 rings (SSSR count). The van der Waals surface area contributed by atoms with E-state index in [0.29, 0.717) is 25.4 Å². The van der Waals surface area contributed by atoms with Crippen LogP contribution >= 0.6 is 11.6 Å². The van der Waals surface area contributed by atoms with Crippen molar-refractivity contribution < 1.29 is 14.3 Å². The maximum atomic E-state index is 11.5. The van der Waals surface area contributed by atoms with E-state index in [0.717, 1.165) is 25.7 Å². The van der Waals surface area contributed by atoms with Gasteiger partial charge in [0, 0.05) is 12.8 Å². The molecule has 0 aliphatic carbocycles. The molecule has 0 heterocycles. The van der Waals surface area contributed by atoms with Gasteiger partial charge < -0.3 is 4.74 Å². The van der Waals surface area contributed by atoms with Crippen LogP contribution in [0.1, 0.15) is 129 Å². The van der Waals surface area contributed by atoms with Crippen LogP contribution in [0.15, 0.2) is 0 Å². The second-order valence-electron chi connectivity index (χ2n) is 8.59. The van der Waals surface area contributed by atoms with Crippen molar-refractivity contribution >= 4 is 22.8 Å². The normalized spacial score (nSPS) is 11.1. The summed E-state index contributed by atoms with van der Waals surface area (Å²) < 4.78 is 5.19. The lowest BCUT2D eigenvalue weighted by Crippen LogP contribution is -2.09. The number of carbonyl (C=O) groups excluding carboxylic acids is 2. The molecule has 0 atom stereocenters. The van der Waals surface area contributed by atoms with Crippen molar-refractivity contribution in [3.8, 4) is 0 Å². The highest BCUT2D eigenvalue weighted by molar-refractivity contribution is 6.63. The quantitative estimate of drug-likeness (QED) is 0.108. The zero-order chi connectivity index (χ0) is 20.9. The van der Waals surface area contributed by atoms with E-state index in [-0.39, 0.29) is 11.2 Å². The van der Waals surface area contributed by atoms with Gasteiger partial charge in [-0.1, -0.05) is 104 Å². The van der Waals surface area contributed by atoms with Gasteiger partial charge in [0.05, 0.1) is 6.61 Å². The zero-order valence-corrected chi connectivity index (χ0v) is 19.4. The van der Waals surface area contributed by atoms with Crippen LogP contribution in [0.4, 0.5) is 0 Å². The Morgan fingerprint density at radius 3 is 1.25 bits per heavy atom. The highest BCUT2D eigenvalue weighted by atomic mass is 35.5. The first-order chi connectivity index (χ1) is 13.5. The smallest absolute Gasteiger partial charge is 0.305 e. The fraction of sp³-hybridized carbons (Fsp3) is 0.917. The topological polar surface area (TPSA) is 43.4 Å². The summed E-state index contributed by atoms with van der Waals surface area (Å²) in [5, 5.41) is -0.195. The molecule has 3 nitrogen and oxygen atoms in total. The average Bonchev–Trinajstić information content (AvgIpc) is 2.65. The summed E-state index contributed by atoms with van der Waals surface area (Å²) in [5.74, 6) is 0.394. The molecule has 0 saturated carbocycles. The van der Waals surface area contributed by atoms with Crippen LogP contribution in [0.2, 0.25) is 0 Å². The summed E-state index contributed by atoms with van der Waals surface area (Å²) in [4.78, 5) is 22.1. The monoisotopic (exact) mass is 416 g/mol. The van der Waals surface area contributed by atoms with Crippen molar-refractivity contribution in [3.05, 3.63) is 0 Å². The number of rotatable bonds is 21. The first-order valence-corrected chi connectivity index (χ1v) is 12.2. The van der Waals surface area contributed by atoms with Crippen LogP contribution in [-0.2, 0) is 14.3 Å². The molecular formula is C24H45ClO3. The second kappa shape index (κ2) is 21.1. The minimum absolute atomic E-state index is 0.0310. The number of ether oxygens (including phenoxy) is 1. The van der Waals surface area contributed by atoms with E-state index in [1.807, 2.05) is 0 Å². The van der Waals surface area contributed by atoms with Crippen LogP contribution < -0.4 is 0 Å². The molecule has 0 amide bonds. The van der Waals surface area contributed by atoms with Gasteiger partial charge in [-0.2, -0.15) is 0 Å². The van der Waals surface area contributed by atoms with Gasteiger partial charge in [0.25, 0.3) is 0 Å². The number of hydrogen-bond acceptors (Lipinski definition) is 3. The molecule has 0 fully saturated rings. The lowest BCUT2D eigenvalue weighted by Gasteiger charge is -2.07. The lowest BCUT2D eigenvalue weighted by molar-refractivity contribution is -0.144. The number of halogens is 1. The molecule has 28 heavy (non-hydrogen) atoms. The Kier molecular flexibility index (Phi) is 20.7. The Morgan fingerprint density at radius 2 is 0.929 bits per heavy atom. The number of carbonyl (C=O) groups is 2. The Morgan fingerprint density at radius 1 is 0.607 bits per heavy atom. The van der Waals surface area contributed by atoms with E-state index in [1.54, 1.807) is 0 Å². The van der Waals surface area contributed by atoms with Crippen molar-refractivity contribution in [2.24, 2.45) is 5.92 Å². The Balaban J connectivity index is 3.10. The summed E-state index contributed by atoms with van der Waals surface area (Å²) in [6.45, 7) is 4.68. The van der Waals surface area contributed by atoms with Crippen LogP contribution in [0.5, 0.6) is 0 Å². The summed E-state index contributed by atoms with van der Waals surface area (Å²) in [5.41, 5.74) is 0. The van der Waals surface area contributed by atoms with Gasteiger partial charge in [0.1, 0.15) is 0 Å². The van der Waals surface area contributed by atoms with Crippen molar-refractivity contribution in [2.45, 2.75) is 129 Å². The third-order valence-corrected chi connectivity index (χ3v) is 5.27.